The fourth-order valence-corrected chi connectivity index (χ4v) is 3.33. The molecule has 1 aliphatic heterocycles. The molecule has 70 valence electrons. The zero-order valence-electron chi connectivity index (χ0n) is 6.93. The molecule has 5 atom stereocenters. The number of carboxylic acid groups (broad SMARTS) is 1. The van der Waals surface area contributed by atoms with E-state index in [9.17, 15) is 14.7 Å². The molecule has 2 saturated carbocycles. The van der Waals surface area contributed by atoms with Gasteiger partial charge < -0.3 is 14.6 Å². The van der Waals surface area contributed by atoms with E-state index in [0.29, 0.717) is 0 Å². The Bertz CT molecular complexity index is 296. The topological polar surface area (TPSA) is 66.4 Å². The van der Waals surface area contributed by atoms with E-state index in [0.717, 1.165) is 12.8 Å². The van der Waals surface area contributed by atoms with Gasteiger partial charge in [-0.25, -0.2) is 0 Å². The van der Waals surface area contributed by atoms with E-state index in [1.807, 2.05) is 0 Å². The minimum Gasteiger partial charge on any atom is -0.550 e. The predicted molar refractivity (Wildman–Crippen MR) is 38.1 cm³/mol. The lowest BCUT2D eigenvalue weighted by Crippen LogP contribution is -2.40. The van der Waals surface area contributed by atoms with Gasteiger partial charge in [-0.3, -0.25) is 4.79 Å². The highest BCUT2D eigenvalue weighted by Gasteiger charge is 2.62. The Morgan fingerprint density at radius 3 is 2.92 bits per heavy atom. The van der Waals surface area contributed by atoms with Crippen LogP contribution >= 0.6 is 0 Å². The van der Waals surface area contributed by atoms with Crippen LogP contribution in [-0.2, 0) is 14.3 Å². The standard InChI is InChI=1S/C9H10O4/c10-8(11)6-3-1-4-5(2-3)13-9(12)7(4)6/h3-7H,1-2H2,(H,10,11)/p-1/t3-,4+,5+,6+,7-/m0/s1. The molecule has 0 aromatic rings. The van der Waals surface area contributed by atoms with E-state index in [4.69, 9.17) is 4.74 Å². The van der Waals surface area contributed by atoms with Gasteiger partial charge in [-0.1, -0.05) is 0 Å². The maximum atomic E-state index is 11.3. The minimum atomic E-state index is -1.07. The highest BCUT2D eigenvalue weighted by molar-refractivity contribution is 5.84. The van der Waals surface area contributed by atoms with Crippen LogP contribution in [0.15, 0.2) is 0 Å². The number of carboxylic acids is 1. The molecular weight excluding hydrogens is 172 g/mol. The van der Waals surface area contributed by atoms with Crippen molar-refractivity contribution < 1.29 is 19.4 Å². The molecule has 4 nitrogen and oxygen atoms in total. The van der Waals surface area contributed by atoms with Crippen LogP contribution in [0.4, 0.5) is 0 Å². The molecule has 1 saturated heterocycles. The van der Waals surface area contributed by atoms with Crippen molar-refractivity contribution >= 4 is 11.9 Å². The number of carbonyl (C=O) groups is 2. The van der Waals surface area contributed by atoms with Crippen LogP contribution < -0.4 is 5.11 Å². The minimum absolute atomic E-state index is 0.0121. The summed E-state index contributed by atoms with van der Waals surface area (Å²) in [5, 5.41) is 10.8. The average Bonchev–Trinajstić information content (AvgIpc) is 2.60. The number of ether oxygens (including phenoxy) is 1. The maximum Gasteiger partial charge on any atom is 0.310 e. The second-order valence-electron chi connectivity index (χ2n) is 4.24. The first-order valence-electron chi connectivity index (χ1n) is 4.60. The smallest absolute Gasteiger partial charge is 0.310 e. The number of hydrogen-bond acceptors (Lipinski definition) is 4. The van der Waals surface area contributed by atoms with E-state index in [2.05, 4.69) is 0 Å². The summed E-state index contributed by atoms with van der Waals surface area (Å²) in [6, 6.07) is 0. The zero-order chi connectivity index (χ0) is 9.16. The van der Waals surface area contributed by atoms with Gasteiger partial charge in [0.2, 0.25) is 0 Å². The number of aliphatic carboxylic acids is 1. The van der Waals surface area contributed by atoms with Crippen molar-refractivity contribution in [2.75, 3.05) is 0 Å². The van der Waals surface area contributed by atoms with Crippen molar-refractivity contribution in [1.82, 2.24) is 0 Å². The third-order valence-corrected chi connectivity index (χ3v) is 3.76. The summed E-state index contributed by atoms with van der Waals surface area (Å²) in [5.74, 6) is -2.07. The molecule has 3 aliphatic rings. The molecule has 0 N–H and O–H groups in total. The number of esters is 1. The fraction of sp³-hybridized carbons (Fsp3) is 0.778. The third kappa shape index (κ3) is 0.716. The number of carbonyl (C=O) groups excluding carboxylic acids is 2. The second kappa shape index (κ2) is 2.05. The van der Waals surface area contributed by atoms with Crippen LogP contribution in [0.5, 0.6) is 0 Å². The molecule has 3 rings (SSSR count). The van der Waals surface area contributed by atoms with Crippen LogP contribution in [0, 0.1) is 23.7 Å². The van der Waals surface area contributed by atoms with Crippen molar-refractivity contribution in [3.05, 3.63) is 0 Å². The molecule has 0 radical (unpaired) electrons. The largest absolute Gasteiger partial charge is 0.550 e. The predicted octanol–water partition coefficient (Wildman–Crippen LogP) is -1.07. The monoisotopic (exact) mass is 181 g/mol. The summed E-state index contributed by atoms with van der Waals surface area (Å²) in [5.41, 5.74) is 0. The molecule has 3 fully saturated rings. The summed E-state index contributed by atoms with van der Waals surface area (Å²) < 4.78 is 5.09. The molecule has 2 bridgehead atoms. The Labute approximate surface area is 74.9 Å². The molecular formula is C9H9O4-. The number of rotatable bonds is 1. The lowest BCUT2D eigenvalue weighted by Gasteiger charge is -2.24. The number of fused-ring (bicyclic) bond motifs is 1. The summed E-state index contributed by atoms with van der Waals surface area (Å²) >= 11 is 0. The van der Waals surface area contributed by atoms with E-state index in [1.165, 1.54) is 0 Å². The molecule has 1 heterocycles. The van der Waals surface area contributed by atoms with Crippen molar-refractivity contribution in [2.24, 2.45) is 23.7 Å². The van der Waals surface area contributed by atoms with Crippen molar-refractivity contribution in [3.63, 3.8) is 0 Å². The highest BCUT2D eigenvalue weighted by atomic mass is 16.6. The Morgan fingerprint density at radius 2 is 2.23 bits per heavy atom. The van der Waals surface area contributed by atoms with Gasteiger partial charge in [-0.2, -0.15) is 0 Å². The van der Waals surface area contributed by atoms with Crippen molar-refractivity contribution in [1.29, 1.82) is 0 Å². The first kappa shape index (κ1) is 7.35. The van der Waals surface area contributed by atoms with E-state index in [1.54, 1.807) is 0 Å². The van der Waals surface area contributed by atoms with Crippen LogP contribution in [0.25, 0.3) is 0 Å². The molecule has 0 spiro atoms. The van der Waals surface area contributed by atoms with Gasteiger partial charge in [0.25, 0.3) is 0 Å². The molecule has 0 aromatic heterocycles. The molecule has 13 heavy (non-hydrogen) atoms. The summed E-state index contributed by atoms with van der Waals surface area (Å²) in [7, 11) is 0. The molecule has 0 amide bonds. The number of hydrogen-bond donors (Lipinski definition) is 0. The lowest BCUT2D eigenvalue weighted by molar-refractivity contribution is -0.314. The van der Waals surface area contributed by atoms with Crippen LogP contribution in [0.3, 0.4) is 0 Å². The van der Waals surface area contributed by atoms with Gasteiger partial charge in [0.15, 0.2) is 0 Å². The van der Waals surface area contributed by atoms with Crippen LogP contribution in [0.2, 0.25) is 0 Å². The maximum absolute atomic E-state index is 11.3. The van der Waals surface area contributed by atoms with Crippen LogP contribution in [0.1, 0.15) is 12.8 Å². The molecule has 0 unspecified atom stereocenters. The van der Waals surface area contributed by atoms with Gasteiger partial charge in [-0.05, 0) is 18.8 Å². The van der Waals surface area contributed by atoms with Crippen molar-refractivity contribution in [3.8, 4) is 0 Å². The van der Waals surface area contributed by atoms with E-state index >= 15 is 0 Å². The molecule has 2 aliphatic carbocycles. The normalized spacial score (nSPS) is 51.1. The first-order chi connectivity index (χ1) is 6.18. The van der Waals surface area contributed by atoms with Gasteiger partial charge >= 0.3 is 5.97 Å². The Balaban J connectivity index is 2.01. The summed E-state index contributed by atoms with van der Waals surface area (Å²) in [6.45, 7) is 0. The zero-order valence-corrected chi connectivity index (χ0v) is 6.93. The highest BCUT2D eigenvalue weighted by Crippen LogP contribution is 2.57. The van der Waals surface area contributed by atoms with E-state index in [-0.39, 0.29) is 23.9 Å². The SMILES string of the molecule is O=C([O-])[C@@H]1[C@H]2C[C@H]3[C@@H]1C(=O)O[C@@H]3C2. The first-order valence-corrected chi connectivity index (χ1v) is 4.60. The Morgan fingerprint density at radius 1 is 1.46 bits per heavy atom. The third-order valence-electron chi connectivity index (χ3n) is 3.76. The Hall–Kier alpha value is -1.06. The fourth-order valence-electron chi connectivity index (χ4n) is 3.33. The summed E-state index contributed by atoms with van der Waals surface area (Å²) in [6.07, 6.45) is 1.57. The lowest BCUT2D eigenvalue weighted by atomic mass is 9.80. The Kier molecular flexibility index (Phi) is 1.16. The van der Waals surface area contributed by atoms with Gasteiger partial charge in [0.1, 0.15) is 6.10 Å². The summed E-state index contributed by atoms with van der Waals surface area (Å²) in [4.78, 5) is 22.1. The molecule has 0 aromatic carbocycles. The quantitative estimate of drug-likeness (QED) is 0.483. The van der Waals surface area contributed by atoms with Gasteiger partial charge in [0.05, 0.1) is 5.92 Å². The van der Waals surface area contributed by atoms with Gasteiger partial charge in [0, 0.05) is 17.8 Å². The average molecular weight is 181 g/mol. The van der Waals surface area contributed by atoms with Gasteiger partial charge in [-0.15, -0.1) is 0 Å². The second-order valence-corrected chi connectivity index (χ2v) is 4.24. The van der Waals surface area contributed by atoms with Crippen molar-refractivity contribution in [2.45, 2.75) is 18.9 Å². The molecule has 4 heteroatoms. The van der Waals surface area contributed by atoms with Crippen LogP contribution in [-0.4, -0.2) is 18.0 Å². The van der Waals surface area contributed by atoms with E-state index < -0.39 is 17.8 Å².